The third-order valence-electron chi connectivity index (χ3n) is 3.94. The van der Waals surface area contributed by atoms with E-state index in [1.165, 1.54) is 25.3 Å². The summed E-state index contributed by atoms with van der Waals surface area (Å²) < 4.78 is 10.8. The molecule has 0 aromatic heterocycles. The fourth-order valence-corrected chi connectivity index (χ4v) is 2.66. The molecule has 0 aliphatic heterocycles. The van der Waals surface area contributed by atoms with Crippen LogP contribution in [0.4, 0.5) is 11.4 Å². The first-order valence-corrected chi connectivity index (χ1v) is 8.65. The molecule has 7 nitrogen and oxygen atoms in total. The van der Waals surface area contributed by atoms with Crippen LogP contribution in [0.2, 0.25) is 5.02 Å². The number of hydrogen-bond acceptors (Lipinski definition) is 5. The van der Waals surface area contributed by atoms with E-state index >= 15 is 0 Å². The Morgan fingerprint density at radius 1 is 1.26 bits per heavy atom. The average Bonchev–Trinajstić information content (AvgIpc) is 2.62. The monoisotopic (exact) mass is 392 g/mol. The molecule has 0 aliphatic carbocycles. The van der Waals surface area contributed by atoms with E-state index in [2.05, 4.69) is 5.32 Å². The van der Waals surface area contributed by atoms with Gasteiger partial charge in [0.25, 0.3) is 11.6 Å². The maximum Gasteiger partial charge on any atom is 0.271 e. The predicted molar refractivity (Wildman–Crippen MR) is 104 cm³/mol. The molecular weight excluding hydrogens is 372 g/mol. The van der Waals surface area contributed by atoms with Crippen LogP contribution in [-0.4, -0.2) is 24.5 Å². The number of rotatable bonds is 7. The molecule has 0 atom stereocenters. The van der Waals surface area contributed by atoms with Gasteiger partial charge >= 0.3 is 0 Å². The van der Waals surface area contributed by atoms with Crippen LogP contribution in [0.1, 0.15) is 30.9 Å². The van der Waals surface area contributed by atoms with Crippen molar-refractivity contribution in [1.29, 1.82) is 0 Å². The molecule has 0 saturated carbocycles. The highest BCUT2D eigenvalue weighted by atomic mass is 35.5. The van der Waals surface area contributed by atoms with E-state index in [4.69, 9.17) is 21.1 Å². The van der Waals surface area contributed by atoms with Gasteiger partial charge in [-0.15, -0.1) is 0 Å². The molecular formula is C19H21ClN2O5. The number of nitro groups is 1. The molecule has 0 heterocycles. The number of benzene rings is 2. The summed E-state index contributed by atoms with van der Waals surface area (Å²) >= 11 is 6.17. The second kappa shape index (κ2) is 8.73. The summed E-state index contributed by atoms with van der Waals surface area (Å²) in [6, 6.07) is 7.59. The number of nitrogens with zero attached hydrogens (tertiary/aromatic N) is 1. The van der Waals surface area contributed by atoms with Gasteiger partial charge in [0.05, 0.1) is 17.7 Å². The van der Waals surface area contributed by atoms with Gasteiger partial charge in [0.1, 0.15) is 11.5 Å². The highest BCUT2D eigenvalue weighted by molar-refractivity contribution is 6.31. The van der Waals surface area contributed by atoms with E-state index in [1.807, 2.05) is 26.8 Å². The zero-order chi connectivity index (χ0) is 20.1. The fourth-order valence-electron chi connectivity index (χ4n) is 2.48. The van der Waals surface area contributed by atoms with Gasteiger partial charge in [-0.05, 0) is 42.2 Å². The zero-order valence-electron chi connectivity index (χ0n) is 15.5. The Kier molecular flexibility index (Phi) is 6.63. The van der Waals surface area contributed by atoms with Crippen LogP contribution in [0.15, 0.2) is 30.3 Å². The summed E-state index contributed by atoms with van der Waals surface area (Å²) in [6.07, 6.45) is 0. The van der Waals surface area contributed by atoms with Gasteiger partial charge in [-0.3, -0.25) is 14.9 Å². The van der Waals surface area contributed by atoms with Crippen molar-refractivity contribution in [2.75, 3.05) is 19.0 Å². The summed E-state index contributed by atoms with van der Waals surface area (Å²) in [5, 5.41) is 14.1. The van der Waals surface area contributed by atoms with Gasteiger partial charge in [0.15, 0.2) is 6.61 Å². The Labute approximate surface area is 162 Å². The lowest BCUT2D eigenvalue weighted by molar-refractivity contribution is -0.384. The molecule has 8 heteroatoms. The molecule has 144 valence electrons. The molecule has 2 aromatic rings. The molecule has 2 aromatic carbocycles. The van der Waals surface area contributed by atoms with Crippen LogP contribution < -0.4 is 14.8 Å². The van der Waals surface area contributed by atoms with Crippen molar-refractivity contribution in [1.82, 2.24) is 0 Å². The van der Waals surface area contributed by atoms with Crippen molar-refractivity contribution in [3.63, 3.8) is 0 Å². The molecule has 0 saturated heterocycles. The Hall–Kier alpha value is -2.80. The molecule has 1 N–H and O–H groups in total. The van der Waals surface area contributed by atoms with E-state index in [-0.39, 0.29) is 23.9 Å². The predicted octanol–water partition coefficient (Wildman–Crippen LogP) is 4.71. The van der Waals surface area contributed by atoms with Crippen molar-refractivity contribution in [3.05, 3.63) is 56.6 Å². The van der Waals surface area contributed by atoms with E-state index in [0.717, 1.165) is 11.1 Å². The molecule has 27 heavy (non-hydrogen) atoms. The lowest BCUT2D eigenvalue weighted by Gasteiger charge is -2.16. The number of carbonyl (C=O) groups is 1. The number of non-ortho nitro benzene ring substituents is 1. The second-order valence-electron chi connectivity index (χ2n) is 6.27. The number of amides is 1. The molecule has 0 aliphatic rings. The van der Waals surface area contributed by atoms with Crippen LogP contribution in [0.5, 0.6) is 11.5 Å². The minimum atomic E-state index is -0.545. The standard InChI is InChI=1S/C19H21ClN2O5/c1-11(2)14-9-15(20)12(3)7-18(14)27-10-19(23)21-16-8-13(22(24)25)5-6-17(16)26-4/h5-9,11H,10H2,1-4H3,(H,21,23). The Morgan fingerprint density at radius 2 is 1.96 bits per heavy atom. The molecule has 2 rings (SSSR count). The molecule has 0 spiro atoms. The number of ether oxygens (including phenoxy) is 2. The molecule has 0 unspecified atom stereocenters. The first kappa shape index (κ1) is 20.5. The van der Waals surface area contributed by atoms with E-state index in [0.29, 0.717) is 16.5 Å². The van der Waals surface area contributed by atoms with Gasteiger partial charge in [0, 0.05) is 17.2 Å². The highest BCUT2D eigenvalue weighted by Crippen LogP contribution is 2.32. The number of aryl methyl sites for hydroxylation is 1. The van der Waals surface area contributed by atoms with Crippen LogP contribution >= 0.6 is 11.6 Å². The van der Waals surface area contributed by atoms with Crippen molar-refractivity contribution in [3.8, 4) is 11.5 Å². The molecule has 1 amide bonds. The fraction of sp³-hybridized carbons (Fsp3) is 0.316. The van der Waals surface area contributed by atoms with Crippen LogP contribution in [0, 0.1) is 17.0 Å². The van der Waals surface area contributed by atoms with Crippen LogP contribution in [-0.2, 0) is 4.79 Å². The third-order valence-corrected chi connectivity index (χ3v) is 4.35. The second-order valence-corrected chi connectivity index (χ2v) is 6.68. The topological polar surface area (TPSA) is 90.7 Å². The van der Waals surface area contributed by atoms with Crippen LogP contribution in [0.3, 0.4) is 0 Å². The van der Waals surface area contributed by atoms with Gasteiger partial charge < -0.3 is 14.8 Å². The number of nitro benzene ring substituents is 1. The number of carbonyl (C=O) groups excluding carboxylic acids is 1. The SMILES string of the molecule is COc1ccc([N+](=O)[O-])cc1NC(=O)COc1cc(C)c(Cl)cc1C(C)C. The molecule has 0 radical (unpaired) electrons. The average molecular weight is 393 g/mol. The van der Waals surface area contributed by atoms with Crippen LogP contribution in [0.25, 0.3) is 0 Å². The Balaban J connectivity index is 2.15. The number of anilines is 1. The Bertz CT molecular complexity index is 867. The van der Waals surface area contributed by atoms with E-state index < -0.39 is 10.8 Å². The van der Waals surface area contributed by atoms with Gasteiger partial charge in [-0.1, -0.05) is 25.4 Å². The van der Waals surface area contributed by atoms with Gasteiger partial charge in [0.2, 0.25) is 0 Å². The summed E-state index contributed by atoms with van der Waals surface area (Å²) in [4.78, 5) is 22.7. The zero-order valence-corrected chi connectivity index (χ0v) is 16.3. The third kappa shape index (κ3) is 5.10. The summed E-state index contributed by atoms with van der Waals surface area (Å²) in [5.41, 5.74) is 1.79. The van der Waals surface area contributed by atoms with Crippen molar-refractivity contribution in [2.45, 2.75) is 26.7 Å². The lowest BCUT2D eigenvalue weighted by Crippen LogP contribution is -2.21. The van der Waals surface area contributed by atoms with Gasteiger partial charge in [-0.25, -0.2) is 0 Å². The number of nitrogens with one attached hydrogen (secondary N) is 1. The largest absolute Gasteiger partial charge is 0.495 e. The van der Waals surface area contributed by atoms with Crippen molar-refractivity contribution < 1.29 is 19.2 Å². The summed E-state index contributed by atoms with van der Waals surface area (Å²) in [6.45, 7) is 5.60. The maximum absolute atomic E-state index is 12.3. The highest BCUT2D eigenvalue weighted by Gasteiger charge is 2.16. The Morgan fingerprint density at radius 3 is 2.56 bits per heavy atom. The number of hydrogen-bond donors (Lipinski definition) is 1. The summed E-state index contributed by atoms with van der Waals surface area (Å²) in [7, 11) is 1.42. The molecule has 0 fully saturated rings. The first-order valence-electron chi connectivity index (χ1n) is 8.28. The normalized spacial score (nSPS) is 10.6. The van der Waals surface area contributed by atoms with Crippen molar-refractivity contribution in [2.24, 2.45) is 0 Å². The smallest absolute Gasteiger partial charge is 0.271 e. The van der Waals surface area contributed by atoms with Gasteiger partial charge in [-0.2, -0.15) is 0 Å². The summed E-state index contributed by atoms with van der Waals surface area (Å²) in [5.74, 6) is 0.598. The minimum Gasteiger partial charge on any atom is -0.495 e. The van der Waals surface area contributed by atoms with E-state index in [9.17, 15) is 14.9 Å². The minimum absolute atomic E-state index is 0.151. The lowest BCUT2D eigenvalue weighted by atomic mass is 10.0. The van der Waals surface area contributed by atoms with E-state index in [1.54, 1.807) is 6.07 Å². The quantitative estimate of drug-likeness (QED) is 0.544. The number of methoxy groups -OCH3 is 1. The van der Waals surface area contributed by atoms with Crippen molar-refractivity contribution >= 4 is 28.9 Å². The first-order chi connectivity index (χ1) is 12.7. The number of halogens is 1. The maximum atomic E-state index is 12.3. The molecule has 0 bridgehead atoms.